The number of hydrogen-bond acceptors (Lipinski definition) is 5. The molecule has 8 heteroatoms. The van der Waals surface area contributed by atoms with E-state index in [9.17, 15) is 13.2 Å². The highest BCUT2D eigenvalue weighted by Crippen LogP contribution is 2.14. The van der Waals surface area contributed by atoms with E-state index >= 15 is 0 Å². The van der Waals surface area contributed by atoms with Crippen molar-refractivity contribution < 1.29 is 17.9 Å². The van der Waals surface area contributed by atoms with Crippen molar-refractivity contribution in [3.63, 3.8) is 0 Å². The third kappa shape index (κ3) is 4.61. The summed E-state index contributed by atoms with van der Waals surface area (Å²) >= 11 is 3.10. The number of pyridine rings is 1. The van der Waals surface area contributed by atoms with Crippen molar-refractivity contribution in [2.75, 3.05) is 0 Å². The molecule has 0 bridgehead atoms. The Morgan fingerprint density at radius 1 is 1.39 bits per heavy atom. The molecule has 0 aliphatic rings. The molecule has 1 rings (SSSR count). The lowest BCUT2D eigenvalue weighted by atomic mass is 10.2. The van der Waals surface area contributed by atoms with Gasteiger partial charge in [-0.3, -0.25) is 4.98 Å². The average Bonchev–Trinajstić information content (AvgIpc) is 2.13. The van der Waals surface area contributed by atoms with Crippen molar-refractivity contribution in [2.24, 2.45) is 0 Å². The van der Waals surface area contributed by atoms with Crippen molar-refractivity contribution in [3.8, 4) is 0 Å². The second kappa shape index (κ2) is 5.23. The van der Waals surface area contributed by atoms with Crippen LogP contribution in [0.4, 0.5) is 4.79 Å². The maximum atomic E-state index is 11.8. The van der Waals surface area contributed by atoms with Gasteiger partial charge in [0.25, 0.3) is 10.0 Å². The summed E-state index contributed by atoms with van der Waals surface area (Å²) in [6.07, 6.45) is 1.55. The molecule has 1 amide bonds. The number of nitrogens with zero attached hydrogens (tertiary/aromatic N) is 1. The summed E-state index contributed by atoms with van der Waals surface area (Å²) in [6, 6.07) is 1.33. The fourth-order valence-corrected chi connectivity index (χ4v) is 2.38. The van der Waals surface area contributed by atoms with Gasteiger partial charge in [0.15, 0.2) is 0 Å². The Labute approximate surface area is 114 Å². The predicted octanol–water partition coefficient (Wildman–Crippen LogP) is 2.06. The van der Waals surface area contributed by atoms with E-state index in [4.69, 9.17) is 4.74 Å². The van der Waals surface area contributed by atoms with Crippen LogP contribution < -0.4 is 4.72 Å². The van der Waals surface area contributed by atoms with Crippen LogP contribution in [0.1, 0.15) is 20.8 Å². The Kier molecular flexibility index (Phi) is 4.33. The first-order chi connectivity index (χ1) is 8.10. The zero-order valence-corrected chi connectivity index (χ0v) is 12.5. The molecular weight excluding hydrogens is 324 g/mol. The van der Waals surface area contributed by atoms with Crippen molar-refractivity contribution in [3.05, 3.63) is 22.9 Å². The average molecular weight is 337 g/mol. The minimum Gasteiger partial charge on any atom is -0.443 e. The molecule has 0 fully saturated rings. The Bertz CT molecular complexity index is 551. The quantitative estimate of drug-likeness (QED) is 0.893. The number of halogens is 1. The first-order valence-electron chi connectivity index (χ1n) is 4.96. The largest absolute Gasteiger partial charge is 0.443 e. The highest BCUT2D eigenvalue weighted by molar-refractivity contribution is 9.10. The van der Waals surface area contributed by atoms with Crippen molar-refractivity contribution in [1.29, 1.82) is 0 Å². The van der Waals surface area contributed by atoms with Gasteiger partial charge in [0.2, 0.25) is 0 Å². The number of amides is 1. The Morgan fingerprint density at radius 2 is 2.00 bits per heavy atom. The van der Waals surface area contributed by atoms with Crippen LogP contribution in [0.15, 0.2) is 27.8 Å². The van der Waals surface area contributed by atoms with Crippen molar-refractivity contribution in [2.45, 2.75) is 31.3 Å². The van der Waals surface area contributed by atoms with E-state index in [-0.39, 0.29) is 4.90 Å². The number of aromatic nitrogens is 1. The molecule has 0 saturated heterocycles. The fourth-order valence-electron chi connectivity index (χ4n) is 1.01. The topological polar surface area (TPSA) is 85.4 Å². The first-order valence-corrected chi connectivity index (χ1v) is 7.24. The molecule has 0 aliphatic carbocycles. The fraction of sp³-hybridized carbons (Fsp3) is 0.400. The van der Waals surface area contributed by atoms with Gasteiger partial charge in [0, 0.05) is 16.9 Å². The van der Waals surface area contributed by atoms with Crippen LogP contribution >= 0.6 is 15.9 Å². The molecule has 1 N–H and O–H groups in total. The molecular formula is C10H13BrN2O4S. The number of nitrogens with one attached hydrogen (secondary N) is 1. The molecule has 6 nitrogen and oxygen atoms in total. The lowest BCUT2D eigenvalue weighted by Gasteiger charge is -2.19. The van der Waals surface area contributed by atoms with Crippen molar-refractivity contribution in [1.82, 2.24) is 9.71 Å². The summed E-state index contributed by atoms with van der Waals surface area (Å²) in [7, 11) is -3.97. The summed E-state index contributed by atoms with van der Waals surface area (Å²) in [5.74, 6) is 0. The second-order valence-electron chi connectivity index (χ2n) is 4.45. The summed E-state index contributed by atoms with van der Waals surface area (Å²) in [6.45, 7) is 4.92. The van der Waals surface area contributed by atoms with Crippen LogP contribution in [0.3, 0.4) is 0 Å². The predicted molar refractivity (Wildman–Crippen MR) is 68.5 cm³/mol. The van der Waals surface area contributed by atoms with Gasteiger partial charge in [-0.25, -0.2) is 17.9 Å². The van der Waals surface area contributed by atoms with Crippen LogP contribution in [0, 0.1) is 0 Å². The molecule has 0 saturated carbocycles. The van der Waals surface area contributed by atoms with Gasteiger partial charge in [-0.05, 0) is 42.8 Å². The number of ether oxygens (including phenoxy) is 1. The van der Waals surface area contributed by atoms with E-state index in [1.165, 1.54) is 12.3 Å². The van der Waals surface area contributed by atoms with Crippen molar-refractivity contribution >= 4 is 32.0 Å². The molecule has 1 aromatic rings. The molecule has 18 heavy (non-hydrogen) atoms. The molecule has 0 atom stereocenters. The van der Waals surface area contributed by atoms with E-state index in [1.54, 1.807) is 25.5 Å². The van der Waals surface area contributed by atoms with E-state index in [2.05, 4.69) is 20.9 Å². The van der Waals surface area contributed by atoms with Crippen LogP contribution in [-0.4, -0.2) is 25.1 Å². The smallest absolute Gasteiger partial charge is 0.421 e. The Balaban J connectivity index is 2.87. The van der Waals surface area contributed by atoms with Gasteiger partial charge in [0.1, 0.15) is 10.5 Å². The van der Waals surface area contributed by atoms with Gasteiger partial charge < -0.3 is 4.74 Å². The van der Waals surface area contributed by atoms with Gasteiger partial charge in [-0.2, -0.15) is 0 Å². The Morgan fingerprint density at radius 3 is 2.50 bits per heavy atom. The lowest BCUT2D eigenvalue weighted by molar-refractivity contribution is 0.0570. The third-order valence-electron chi connectivity index (χ3n) is 1.61. The SMILES string of the molecule is CC(C)(C)OC(=O)NS(=O)(=O)c1cncc(Br)c1. The zero-order valence-electron chi connectivity index (χ0n) is 10.1. The summed E-state index contributed by atoms with van der Waals surface area (Å²) in [5.41, 5.74) is -0.769. The molecule has 0 spiro atoms. The van der Waals surface area contributed by atoms with Gasteiger partial charge in [-0.1, -0.05) is 0 Å². The zero-order chi connectivity index (χ0) is 14.0. The monoisotopic (exact) mass is 336 g/mol. The normalized spacial score (nSPS) is 12.0. The number of rotatable bonds is 2. The minimum atomic E-state index is -3.97. The van der Waals surface area contributed by atoms with E-state index < -0.39 is 21.7 Å². The molecule has 0 aliphatic heterocycles. The highest BCUT2D eigenvalue weighted by atomic mass is 79.9. The lowest BCUT2D eigenvalue weighted by Crippen LogP contribution is -2.36. The van der Waals surface area contributed by atoms with Gasteiger partial charge in [0.05, 0.1) is 0 Å². The summed E-state index contributed by atoms with van der Waals surface area (Å²) in [4.78, 5) is 15.0. The molecule has 0 radical (unpaired) electrons. The van der Waals surface area contributed by atoms with Crippen LogP contribution in [-0.2, 0) is 14.8 Å². The number of hydrogen-bond donors (Lipinski definition) is 1. The van der Waals surface area contributed by atoms with E-state index in [0.717, 1.165) is 6.20 Å². The third-order valence-corrected chi connectivity index (χ3v) is 3.32. The second-order valence-corrected chi connectivity index (χ2v) is 7.04. The molecule has 1 heterocycles. The van der Waals surface area contributed by atoms with E-state index in [0.29, 0.717) is 4.47 Å². The number of carbonyl (C=O) groups excluding carboxylic acids is 1. The first kappa shape index (κ1) is 14.9. The maximum absolute atomic E-state index is 11.8. The Hall–Kier alpha value is -1.15. The number of carbonyl (C=O) groups is 1. The summed E-state index contributed by atoms with van der Waals surface area (Å²) < 4.78 is 30.8. The molecule has 1 aromatic heterocycles. The minimum absolute atomic E-state index is 0.122. The van der Waals surface area contributed by atoms with E-state index in [1.807, 2.05) is 0 Å². The highest BCUT2D eigenvalue weighted by Gasteiger charge is 2.23. The van der Waals surface area contributed by atoms with Gasteiger partial charge >= 0.3 is 6.09 Å². The van der Waals surface area contributed by atoms with Crippen LogP contribution in [0.25, 0.3) is 0 Å². The standard InChI is InChI=1S/C10H13BrN2O4S/c1-10(2,3)17-9(14)13-18(15,16)8-4-7(11)5-12-6-8/h4-6H,1-3H3,(H,13,14). The molecule has 0 unspecified atom stereocenters. The van der Waals surface area contributed by atoms with Crippen LogP contribution in [0.5, 0.6) is 0 Å². The van der Waals surface area contributed by atoms with Crippen LogP contribution in [0.2, 0.25) is 0 Å². The summed E-state index contributed by atoms with van der Waals surface area (Å²) in [5, 5.41) is 0. The molecule has 0 aromatic carbocycles. The maximum Gasteiger partial charge on any atom is 0.421 e. The number of sulfonamides is 1. The molecule has 100 valence electrons. The van der Waals surface area contributed by atoms with Gasteiger partial charge in [-0.15, -0.1) is 0 Å².